The van der Waals surface area contributed by atoms with Crippen LogP contribution in [-0.4, -0.2) is 55.5 Å². The number of nitrogens with two attached hydrogens (primary N) is 1. The molecule has 3 aromatic rings. The minimum Gasteiger partial charge on any atom is -0.462 e. The molecule has 0 spiro atoms. The molecule has 0 bridgehead atoms. The summed E-state index contributed by atoms with van der Waals surface area (Å²) in [5.41, 5.74) is 5.68. The van der Waals surface area contributed by atoms with E-state index in [-0.39, 0.29) is 17.5 Å². The molecule has 2 atom stereocenters. The molecular weight excluding hydrogens is 521 g/mol. The van der Waals surface area contributed by atoms with E-state index in [0.717, 1.165) is 0 Å². The second kappa shape index (κ2) is 11.6. The fraction of sp³-hybridized carbons (Fsp3) is 0.435. The summed E-state index contributed by atoms with van der Waals surface area (Å²) >= 11 is 5.91. The van der Waals surface area contributed by atoms with E-state index >= 15 is 0 Å². The van der Waals surface area contributed by atoms with Crippen LogP contribution in [0.4, 0.5) is 5.82 Å². The zero-order chi connectivity index (χ0) is 27.4. The number of rotatable bonds is 11. The number of esters is 1. The summed E-state index contributed by atoms with van der Waals surface area (Å²) in [4.78, 5) is 37.9. The summed E-state index contributed by atoms with van der Waals surface area (Å²) in [5, 5.41) is 5.75. The quantitative estimate of drug-likeness (QED) is 0.238. The second-order valence-electron chi connectivity index (χ2n) is 9.31. The van der Waals surface area contributed by atoms with Crippen molar-refractivity contribution in [2.75, 3.05) is 12.1 Å². The monoisotopic (exact) mass is 551 g/mol. The number of fused-ring (bicyclic) bond motifs is 1. The molecule has 4 N–H and O–H groups in total. The van der Waals surface area contributed by atoms with Crippen LogP contribution in [0.5, 0.6) is 0 Å². The van der Waals surface area contributed by atoms with Gasteiger partial charge in [0.05, 0.1) is 25.1 Å². The van der Waals surface area contributed by atoms with Gasteiger partial charge in [-0.25, -0.2) is 20.0 Å². The molecule has 12 nitrogen and oxygen atoms in total. The molecule has 0 aliphatic carbocycles. The Morgan fingerprint density at radius 2 is 1.84 bits per heavy atom. The molecular formula is C23H31ClN7O5P. The Morgan fingerprint density at radius 3 is 2.49 bits per heavy atom. The highest BCUT2D eigenvalue weighted by Crippen LogP contribution is 2.40. The van der Waals surface area contributed by atoms with Gasteiger partial charge in [0, 0.05) is 10.6 Å². The molecule has 14 heteroatoms. The molecule has 37 heavy (non-hydrogen) atoms. The highest BCUT2D eigenvalue weighted by atomic mass is 35.5. The van der Waals surface area contributed by atoms with E-state index in [4.69, 9.17) is 26.8 Å². The number of hydrogen-bond donors (Lipinski definition) is 3. The number of carbonyl (C=O) groups is 2. The first-order valence-electron chi connectivity index (χ1n) is 11.5. The van der Waals surface area contributed by atoms with Gasteiger partial charge in [-0.2, -0.15) is 0 Å². The maximum atomic E-state index is 14.0. The topological polar surface area (TPSA) is 163 Å². The Balaban J connectivity index is 1.77. The minimum absolute atomic E-state index is 0.240. The van der Waals surface area contributed by atoms with E-state index in [1.165, 1.54) is 32.3 Å². The molecule has 3 rings (SSSR count). The molecule has 1 amide bonds. The first kappa shape index (κ1) is 28.5. The van der Waals surface area contributed by atoms with Crippen molar-refractivity contribution in [3.05, 3.63) is 47.5 Å². The summed E-state index contributed by atoms with van der Waals surface area (Å²) in [6.45, 7) is 8.52. The van der Waals surface area contributed by atoms with Gasteiger partial charge >= 0.3 is 5.97 Å². The number of amides is 1. The minimum atomic E-state index is -3.85. The van der Waals surface area contributed by atoms with Crippen molar-refractivity contribution in [2.24, 2.45) is 0 Å². The third kappa shape index (κ3) is 7.48. The molecule has 2 aromatic heterocycles. The van der Waals surface area contributed by atoms with Crippen LogP contribution in [0, 0.1) is 0 Å². The van der Waals surface area contributed by atoms with Crippen molar-refractivity contribution in [1.29, 1.82) is 0 Å². The maximum absolute atomic E-state index is 14.0. The first-order chi connectivity index (χ1) is 17.3. The third-order valence-electron chi connectivity index (χ3n) is 5.13. The van der Waals surface area contributed by atoms with Crippen molar-refractivity contribution in [3.8, 4) is 0 Å². The van der Waals surface area contributed by atoms with Gasteiger partial charge in [-0.05, 0) is 58.9 Å². The van der Waals surface area contributed by atoms with Crippen LogP contribution >= 0.6 is 19.0 Å². The molecule has 0 fully saturated rings. The average molecular weight is 552 g/mol. The molecule has 0 radical (unpaired) electrons. The predicted octanol–water partition coefficient (Wildman–Crippen LogP) is 3.37. The van der Waals surface area contributed by atoms with Gasteiger partial charge in [0.25, 0.3) is 13.4 Å². The second-order valence-corrected chi connectivity index (χ2v) is 11.9. The highest BCUT2D eigenvalue weighted by Gasteiger charge is 2.39. The van der Waals surface area contributed by atoms with Gasteiger partial charge in [-0.1, -0.05) is 11.6 Å². The fourth-order valence-corrected chi connectivity index (χ4v) is 5.60. The van der Waals surface area contributed by atoms with Crippen LogP contribution in [-0.2, 0) is 25.4 Å². The van der Waals surface area contributed by atoms with E-state index in [2.05, 4.69) is 25.1 Å². The van der Waals surface area contributed by atoms with Crippen molar-refractivity contribution in [1.82, 2.24) is 29.7 Å². The summed E-state index contributed by atoms with van der Waals surface area (Å²) in [6, 6.07) is 6.09. The van der Waals surface area contributed by atoms with Crippen LogP contribution in [0.3, 0.4) is 0 Å². The van der Waals surface area contributed by atoms with Gasteiger partial charge in [-0.3, -0.25) is 19.2 Å². The van der Waals surface area contributed by atoms with Gasteiger partial charge in [0.1, 0.15) is 23.7 Å². The normalized spacial score (nSPS) is 14.4. The molecule has 2 heterocycles. The molecule has 0 saturated carbocycles. The lowest BCUT2D eigenvalue weighted by atomic mass is 10.1. The van der Waals surface area contributed by atoms with Crippen molar-refractivity contribution < 1.29 is 23.6 Å². The lowest BCUT2D eigenvalue weighted by Crippen LogP contribution is -2.49. The van der Waals surface area contributed by atoms with Gasteiger partial charge < -0.3 is 19.8 Å². The number of halogens is 1. The highest BCUT2D eigenvalue weighted by molar-refractivity contribution is 7.60. The Hall–Kier alpha value is -3.05. The zero-order valence-electron chi connectivity index (χ0n) is 21.3. The van der Waals surface area contributed by atoms with Crippen molar-refractivity contribution in [3.63, 3.8) is 0 Å². The predicted molar refractivity (Wildman–Crippen MR) is 140 cm³/mol. The number of nitrogens with zero attached hydrogens (tertiary/aromatic N) is 4. The number of hydrogen-bond acceptors (Lipinski definition) is 9. The number of nitrogens with one attached hydrogen (secondary N) is 2. The molecule has 0 aliphatic rings. The van der Waals surface area contributed by atoms with Gasteiger partial charge in [0.2, 0.25) is 0 Å². The molecule has 0 aliphatic heterocycles. The number of nitrogen functional groups attached to an aromatic ring is 1. The number of benzene rings is 1. The fourth-order valence-electron chi connectivity index (χ4n) is 3.38. The van der Waals surface area contributed by atoms with Gasteiger partial charge in [-0.15, -0.1) is 0 Å². The van der Waals surface area contributed by atoms with Crippen LogP contribution in [0.15, 0.2) is 36.9 Å². The number of aromatic nitrogens is 4. The van der Waals surface area contributed by atoms with E-state index in [9.17, 15) is 14.2 Å². The SMILES string of the molecule is CC(C)OC(=O)C(C)(C)N[P@@](=O)(CO[C@H](C)Cn1cnc2c(N)ncnc21)NC(=O)c1ccc(Cl)cc1. The summed E-state index contributed by atoms with van der Waals surface area (Å²) < 4.78 is 26.9. The van der Waals surface area contributed by atoms with Gasteiger partial charge in [0.15, 0.2) is 11.5 Å². The maximum Gasteiger partial charge on any atom is 0.326 e. The number of carbonyl (C=O) groups excluding carboxylic acids is 2. The summed E-state index contributed by atoms with van der Waals surface area (Å²) in [7, 11) is -3.85. The van der Waals surface area contributed by atoms with E-state index < -0.39 is 37.3 Å². The molecule has 200 valence electrons. The Labute approximate surface area is 219 Å². The Bertz CT molecular complexity index is 1310. The largest absolute Gasteiger partial charge is 0.462 e. The Kier molecular flexibility index (Phi) is 8.91. The van der Waals surface area contributed by atoms with Crippen LogP contribution in [0.2, 0.25) is 5.02 Å². The molecule has 0 saturated heterocycles. The van der Waals surface area contributed by atoms with Crippen LogP contribution in [0.1, 0.15) is 45.0 Å². The number of ether oxygens (including phenoxy) is 2. The summed E-state index contributed by atoms with van der Waals surface area (Å²) in [6.07, 6.45) is 1.62. The smallest absolute Gasteiger partial charge is 0.326 e. The van der Waals surface area contributed by atoms with E-state index in [0.29, 0.717) is 22.7 Å². The first-order valence-corrected chi connectivity index (χ1v) is 13.8. The van der Waals surface area contributed by atoms with Crippen molar-refractivity contribution in [2.45, 2.75) is 58.9 Å². The van der Waals surface area contributed by atoms with Crippen LogP contribution in [0.25, 0.3) is 11.2 Å². The number of imidazole rings is 1. The standard InChI is InChI=1S/C23H31ClN7O5P/c1-14(2)36-22(33)23(4,5)30-37(34,29-21(32)16-6-8-17(24)9-7-16)13-35-15(3)10-31-12-28-18-19(25)26-11-27-20(18)31/h6-9,11-12,14-15H,10,13H2,1-5H3,(H2,25,26,27)(H2,29,30,32,34)/t15-,37-/m1/s1. The third-order valence-corrected chi connectivity index (χ3v) is 7.38. The number of anilines is 1. The van der Waals surface area contributed by atoms with E-state index in [1.54, 1.807) is 43.8 Å². The Morgan fingerprint density at radius 1 is 1.16 bits per heavy atom. The lowest BCUT2D eigenvalue weighted by molar-refractivity contribution is -0.153. The molecule has 0 unspecified atom stereocenters. The summed E-state index contributed by atoms with van der Waals surface area (Å²) in [5.74, 6) is -0.991. The van der Waals surface area contributed by atoms with Crippen molar-refractivity contribution >= 4 is 47.9 Å². The zero-order valence-corrected chi connectivity index (χ0v) is 22.9. The lowest BCUT2D eigenvalue weighted by Gasteiger charge is -2.31. The average Bonchev–Trinajstić information content (AvgIpc) is 3.21. The molecule has 1 aromatic carbocycles. The van der Waals surface area contributed by atoms with Crippen LogP contribution < -0.4 is 15.9 Å². The van der Waals surface area contributed by atoms with E-state index in [1.807, 2.05) is 0 Å².